The maximum absolute atomic E-state index is 5.28. The van der Waals surface area contributed by atoms with E-state index >= 15 is 0 Å². The molecule has 0 bridgehead atoms. The molecule has 0 saturated carbocycles. The van der Waals surface area contributed by atoms with Crippen molar-refractivity contribution < 1.29 is 0 Å². The van der Waals surface area contributed by atoms with Crippen LogP contribution in [0.1, 0.15) is 6.42 Å². The van der Waals surface area contributed by atoms with Gasteiger partial charge in [-0.15, -0.1) is 5.10 Å². The zero-order valence-corrected chi connectivity index (χ0v) is 9.37. The molecule has 2 heterocycles. The summed E-state index contributed by atoms with van der Waals surface area (Å²) in [6, 6.07) is 5.60. The number of hydrogen-bond donors (Lipinski definition) is 3. The highest BCUT2D eigenvalue weighted by Gasteiger charge is 1.96. The van der Waals surface area contributed by atoms with E-state index in [-0.39, 0.29) is 0 Å². The number of nitrogens with one attached hydrogen (secondary N) is 2. The molecule has 0 radical (unpaired) electrons. The van der Waals surface area contributed by atoms with E-state index in [0.29, 0.717) is 5.82 Å². The molecule has 90 valence electrons. The molecule has 2 aromatic rings. The molecule has 0 aromatic carbocycles. The van der Waals surface area contributed by atoms with Crippen LogP contribution in [0.25, 0.3) is 0 Å². The summed E-state index contributed by atoms with van der Waals surface area (Å²) in [5, 5.41) is 10.8. The van der Waals surface area contributed by atoms with Gasteiger partial charge in [-0.1, -0.05) is 11.3 Å². The lowest BCUT2D eigenvalue weighted by molar-refractivity contribution is 0.569. The van der Waals surface area contributed by atoms with Crippen LogP contribution in [0, 0.1) is 0 Å². The molecule has 0 amide bonds. The topological polar surface area (TPSA) is 93.7 Å². The molecule has 0 saturated heterocycles. The molecule has 0 spiro atoms. The second-order valence-electron chi connectivity index (χ2n) is 3.50. The van der Waals surface area contributed by atoms with Crippen molar-refractivity contribution in [3.63, 3.8) is 0 Å². The fourth-order valence-electron chi connectivity index (χ4n) is 1.42. The van der Waals surface area contributed by atoms with Crippen molar-refractivity contribution in [3.8, 4) is 0 Å². The number of aryl methyl sites for hydroxylation is 1. The monoisotopic (exact) mass is 233 g/mol. The summed E-state index contributed by atoms with van der Waals surface area (Å²) in [5.74, 6) is 6.73. The molecule has 0 aliphatic heterocycles. The van der Waals surface area contributed by atoms with Gasteiger partial charge in [-0.05, 0) is 18.6 Å². The van der Waals surface area contributed by atoms with E-state index in [9.17, 15) is 0 Å². The molecule has 7 heteroatoms. The third-order valence-corrected chi connectivity index (χ3v) is 2.24. The molecule has 0 atom stereocenters. The molecule has 0 aliphatic rings. The van der Waals surface area contributed by atoms with Crippen LogP contribution in [0.4, 0.5) is 11.6 Å². The van der Waals surface area contributed by atoms with Gasteiger partial charge in [0.1, 0.15) is 11.6 Å². The standard InChI is InChI=1S/C10H15N7/c11-15-10-4-1-3-9(14-10)12-5-2-7-17-8-6-13-16-17/h1,3-4,6,8H,2,5,7,11H2,(H2,12,14,15). The molecule has 17 heavy (non-hydrogen) atoms. The van der Waals surface area contributed by atoms with Gasteiger partial charge in [-0.2, -0.15) is 0 Å². The Morgan fingerprint density at radius 3 is 2.94 bits per heavy atom. The van der Waals surface area contributed by atoms with E-state index in [2.05, 4.69) is 26.0 Å². The number of aromatic nitrogens is 4. The zero-order chi connectivity index (χ0) is 11.9. The van der Waals surface area contributed by atoms with Crippen LogP contribution in [0.2, 0.25) is 0 Å². The van der Waals surface area contributed by atoms with Gasteiger partial charge < -0.3 is 10.7 Å². The van der Waals surface area contributed by atoms with E-state index in [1.165, 1.54) is 0 Å². The number of rotatable bonds is 6. The Balaban J connectivity index is 1.74. The SMILES string of the molecule is NNc1cccc(NCCCn2ccnn2)n1. The smallest absolute Gasteiger partial charge is 0.142 e. The van der Waals surface area contributed by atoms with Crippen LogP contribution in [0.3, 0.4) is 0 Å². The Morgan fingerprint density at radius 2 is 2.18 bits per heavy atom. The number of nitrogens with zero attached hydrogens (tertiary/aromatic N) is 4. The van der Waals surface area contributed by atoms with Crippen LogP contribution < -0.4 is 16.6 Å². The molecular formula is C10H15N7. The van der Waals surface area contributed by atoms with E-state index in [4.69, 9.17) is 5.84 Å². The summed E-state index contributed by atoms with van der Waals surface area (Å²) in [5.41, 5.74) is 2.51. The molecule has 2 rings (SSSR count). The lowest BCUT2D eigenvalue weighted by Crippen LogP contribution is -2.11. The first-order valence-electron chi connectivity index (χ1n) is 5.40. The summed E-state index contributed by atoms with van der Waals surface area (Å²) in [4.78, 5) is 4.24. The van der Waals surface area contributed by atoms with Gasteiger partial charge in [0.15, 0.2) is 0 Å². The first-order valence-corrected chi connectivity index (χ1v) is 5.40. The van der Waals surface area contributed by atoms with Crippen LogP contribution >= 0.6 is 0 Å². The predicted molar refractivity (Wildman–Crippen MR) is 65.2 cm³/mol. The summed E-state index contributed by atoms with van der Waals surface area (Å²) in [6.07, 6.45) is 4.47. The number of anilines is 2. The highest BCUT2D eigenvalue weighted by atomic mass is 15.4. The quantitative estimate of drug-likeness (QED) is 0.381. The second-order valence-corrected chi connectivity index (χ2v) is 3.50. The molecular weight excluding hydrogens is 218 g/mol. The number of nitrogens with two attached hydrogens (primary N) is 1. The van der Waals surface area contributed by atoms with Crippen molar-refractivity contribution in [1.29, 1.82) is 0 Å². The van der Waals surface area contributed by atoms with Crippen molar-refractivity contribution in [2.45, 2.75) is 13.0 Å². The first kappa shape index (κ1) is 11.3. The van der Waals surface area contributed by atoms with Crippen LogP contribution in [-0.2, 0) is 6.54 Å². The van der Waals surface area contributed by atoms with Gasteiger partial charge in [-0.25, -0.2) is 10.8 Å². The van der Waals surface area contributed by atoms with Gasteiger partial charge in [-0.3, -0.25) is 4.68 Å². The fraction of sp³-hybridized carbons (Fsp3) is 0.300. The van der Waals surface area contributed by atoms with E-state index in [0.717, 1.165) is 25.3 Å². The van der Waals surface area contributed by atoms with Gasteiger partial charge in [0.25, 0.3) is 0 Å². The summed E-state index contributed by atoms with van der Waals surface area (Å²) >= 11 is 0. The Kier molecular flexibility index (Phi) is 3.87. The van der Waals surface area contributed by atoms with Gasteiger partial charge in [0.05, 0.1) is 6.20 Å². The number of hydrogen-bond acceptors (Lipinski definition) is 6. The Hall–Kier alpha value is -2.15. The Morgan fingerprint density at radius 1 is 1.29 bits per heavy atom. The summed E-state index contributed by atoms with van der Waals surface area (Å²) in [7, 11) is 0. The van der Waals surface area contributed by atoms with E-state index in [1.54, 1.807) is 16.9 Å². The minimum Gasteiger partial charge on any atom is -0.370 e. The van der Waals surface area contributed by atoms with Gasteiger partial charge in [0, 0.05) is 19.3 Å². The highest BCUT2D eigenvalue weighted by molar-refractivity contribution is 5.44. The van der Waals surface area contributed by atoms with Crippen molar-refractivity contribution in [2.24, 2.45) is 5.84 Å². The Bertz CT molecular complexity index is 440. The first-order chi connectivity index (χ1) is 8.38. The molecule has 2 aromatic heterocycles. The van der Waals surface area contributed by atoms with Crippen LogP contribution in [-0.4, -0.2) is 26.5 Å². The predicted octanol–water partition coefficient (Wildman–Crippen LogP) is 0.461. The third-order valence-electron chi connectivity index (χ3n) is 2.24. The van der Waals surface area contributed by atoms with Crippen molar-refractivity contribution in [1.82, 2.24) is 20.0 Å². The largest absolute Gasteiger partial charge is 0.370 e. The number of hydrazine groups is 1. The lowest BCUT2D eigenvalue weighted by atomic mass is 10.4. The fourth-order valence-corrected chi connectivity index (χ4v) is 1.42. The minimum atomic E-state index is 0.645. The van der Waals surface area contributed by atoms with Crippen molar-refractivity contribution >= 4 is 11.6 Å². The normalized spacial score (nSPS) is 10.2. The van der Waals surface area contributed by atoms with Crippen LogP contribution in [0.15, 0.2) is 30.6 Å². The molecule has 4 N–H and O–H groups in total. The zero-order valence-electron chi connectivity index (χ0n) is 9.37. The van der Waals surface area contributed by atoms with E-state index in [1.807, 2.05) is 18.3 Å². The average molecular weight is 233 g/mol. The van der Waals surface area contributed by atoms with E-state index < -0.39 is 0 Å². The lowest BCUT2D eigenvalue weighted by Gasteiger charge is -2.06. The maximum Gasteiger partial charge on any atom is 0.142 e. The van der Waals surface area contributed by atoms with Gasteiger partial charge >= 0.3 is 0 Å². The molecule has 0 unspecified atom stereocenters. The maximum atomic E-state index is 5.28. The highest BCUT2D eigenvalue weighted by Crippen LogP contribution is 2.07. The van der Waals surface area contributed by atoms with Crippen molar-refractivity contribution in [2.75, 3.05) is 17.3 Å². The minimum absolute atomic E-state index is 0.645. The molecule has 0 aliphatic carbocycles. The summed E-state index contributed by atoms with van der Waals surface area (Å²) < 4.78 is 1.80. The number of pyridine rings is 1. The molecule has 7 nitrogen and oxygen atoms in total. The third kappa shape index (κ3) is 3.42. The summed E-state index contributed by atoms with van der Waals surface area (Å²) in [6.45, 7) is 1.66. The number of nitrogen functional groups attached to an aromatic ring is 1. The molecule has 0 fully saturated rings. The van der Waals surface area contributed by atoms with Crippen LogP contribution in [0.5, 0.6) is 0 Å². The average Bonchev–Trinajstić information content (AvgIpc) is 2.88. The second kappa shape index (κ2) is 5.80. The Labute approximate surface area is 99.0 Å². The van der Waals surface area contributed by atoms with Crippen molar-refractivity contribution in [3.05, 3.63) is 30.6 Å². The van der Waals surface area contributed by atoms with Gasteiger partial charge in [0.2, 0.25) is 0 Å².